The third-order valence-electron chi connectivity index (χ3n) is 3.66. The van der Waals surface area contributed by atoms with Crippen molar-refractivity contribution >= 4 is 11.7 Å². The summed E-state index contributed by atoms with van der Waals surface area (Å²) in [6.07, 6.45) is 3.48. The maximum Gasteiger partial charge on any atom is 0.257 e. The van der Waals surface area contributed by atoms with E-state index in [0.717, 1.165) is 12.8 Å². The molecule has 112 valence electrons. The number of rotatable bonds is 7. The Balaban J connectivity index is 2.96. The molecule has 5 heteroatoms. The molecular formula is C15H24FN3O. The third-order valence-corrected chi connectivity index (χ3v) is 3.66. The molecule has 0 spiro atoms. The van der Waals surface area contributed by atoms with E-state index in [0.29, 0.717) is 19.0 Å². The van der Waals surface area contributed by atoms with E-state index < -0.39 is 5.82 Å². The van der Waals surface area contributed by atoms with Crippen LogP contribution in [0.2, 0.25) is 0 Å². The second-order valence-electron chi connectivity index (χ2n) is 4.80. The van der Waals surface area contributed by atoms with Gasteiger partial charge in [0.2, 0.25) is 0 Å². The minimum atomic E-state index is -0.581. The maximum absolute atomic E-state index is 14.1. The summed E-state index contributed by atoms with van der Waals surface area (Å²) in [5.74, 6) is -0.291. The molecular weight excluding hydrogens is 257 g/mol. The number of carbonyl (C=O) groups excluding carboxylic acids is 1. The molecule has 0 fully saturated rings. The van der Waals surface area contributed by atoms with E-state index >= 15 is 0 Å². The smallest absolute Gasteiger partial charge is 0.257 e. The summed E-state index contributed by atoms with van der Waals surface area (Å²) >= 11 is 0. The SMILES string of the molecule is CCC(CC)CN(CC)C(=O)c1ccnc(NC)c1F. The zero-order valence-electron chi connectivity index (χ0n) is 12.7. The second-order valence-corrected chi connectivity index (χ2v) is 4.80. The van der Waals surface area contributed by atoms with Crippen molar-refractivity contribution < 1.29 is 9.18 Å². The first-order valence-corrected chi connectivity index (χ1v) is 7.20. The first-order chi connectivity index (χ1) is 9.58. The van der Waals surface area contributed by atoms with Crippen molar-refractivity contribution in [1.29, 1.82) is 0 Å². The molecule has 1 aromatic heterocycles. The number of amides is 1. The largest absolute Gasteiger partial charge is 0.371 e. The number of pyridine rings is 1. The predicted octanol–water partition coefficient (Wildman–Crippen LogP) is 3.16. The number of nitrogens with one attached hydrogen (secondary N) is 1. The van der Waals surface area contributed by atoms with Gasteiger partial charge in [0.1, 0.15) is 0 Å². The van der Waals surface area contributed by atoms with Crippen molar-refractivity contribution in [2.45, 2.75) is 33.6 Å². The van der Waals surface area contributed by atoms with Gasteiger partial charge in [-0.15, -0.1) is 0 Å². The van der Waals surface area contributed by atoms with Crippen LogP contribution in [0.15, 0.2) is 12.3 Å². The van der Waals surface area contributed by atoms with Gasteiger partial charge in [0.05, 0.1) is 5.56 Å². The number of anilines is 1. The first-order valence-electron chi connectivity index (χ1n) is 7.20. The van der Waals surface area contributed by atoms with Gasteiger partial charge in [-0.3, -0.25) is 4.79 Å². The van der Waals surface area contributed by atoms with Crippen molar-refractivity contribution in [2.75, 3.05) is 25.5 Å². The summed E-state index contributed by atoms with van der Waals surface area (Å²) in [5, 5.41) is 2.65. The summed E-state index contributed by atoms with van der Waals surface area (Å²) in [5.41, 5.74) is 0.0807. The van der Waals surface area contributed by atoms with Gasteiger partial charge in [0.25, 0.3) is 5.91 Å². The molecule has 1 rings (SSSR count). The molecule has 0 unspecified atom stereocenters. The first kappa shape index (κ1) is 16.4. The van der Waals surface area contributed by atoms with E-state index in [9.17, 15) is 9.18 Å². The van der Waals surface area contributed by atoms with Gasteiger partial charge in [-0.1, -0.05) is 26.7 Å². The number of halogens is 1. The van der Waals surface area contributed by atoms with Crippen LogP contribution in [0, 0.1) is 11.7 Å². The molecule has 0 aromatic carbocycles. The third kappa shape index (κ3) is 3.68. The molecule has 1 amide bonds. The average molecular weight is 281 g/mol. The maximum atomic E-state index is 14.1. The summed E-state index contributed by atoms with van der Waals surface area (Å²) in [6, 6.07) is 1.44. The van der Waals surface area contributed by atoms with Crippen LogP contribution >= 0.6 is 0 Å². The Morgan fingerprint density at radius 3 is 2.55 bits per heavy atom. The van der Waals surface area contributed by atoms with E-state index in [1.54, 1.807) is 11.9 Å². The van der Waals surface area contributed by atoms with Crippen LogP contribution in [0.25, 0.3) is 0 Å². The van der Waals surface area contributed by atoms with Crippen molar-refractivity contribution in [1.82, 2.24) is 9.88 Å². The normalized spacial score (nSPS) is 10.7. The van der Waals surface area contributed by atoms with Crippen LogP contribution in [0.1, 0.15) is 44.0 Å². The van der Waals surface area contributed by atoms with Gasteiger partial charge in [0.15, 0.2) is 11.6 Å². The lowest BCUT2D eigenvalue weighted by Gasteiger charge is -2.25. The Hall–Kier alpha value is -1.65. The molecule has 0 aliphatic rings. The topological polar surface area (TPSA) is 45.2 Å². The van der Waals surface area contributed by atoms with E-state index in [4.69, 9.17) is 0 Å². The summed E-state index contributed by atoms with van der Waals surface area (Å²) in [7, 11) is 1.58. The van der Waals surface area contributed by atoms with Crippen LogP contribution in [0.3, 0.4) is 0 Å². The summed E-state index contributed by atoms with van der Waals surface area (Å²) in [6.45, 7) is 7.38. The second kappa shape index (κ2) is 7.82. The molecule has 0 aliphatic heterocycles. The highest BCUT2D eigenvalue weighted by Gasteiger charge is 2.22. The van der Waals surface area contributed by atoms with E-state index in [1.165, 1.54) is 12.3 Å². The molecule has 20 heavy (non-hydrogen) atoms. The van der Waals surface area contributed by atoms with Crippen LogP contribution in [0.4, 0.5) is 10.2 Å². The Bertz CT molecular complexity index is 447. The fourth-order valence-electron chi connectivity index (χ4n) is 2.17. The number of hydrogen-bond donors (Lipinski definition) is 1. The summed E-state index contributed by atoms with van der Waals surface area (Å²) < 4.78 is 14.1. The zero-order valence-corrected chi connectivity index (χ0v) is 12.7. The molecule has 0 aliphatic carbocycles. The Labute approximate surface area is 120 Å². The number of aromatic nitrogens is 1. The monoisotopic (exact) mass is 281 g/mol. The molecule has 0 saturated carbocycles. The van der Waals surface area contributed by atoms with Gasteiger partial charge in [-0.2, -0.15) is 0 Å². The quantitative estimate of drug-likeness (QED) is 0.835. The van der Waals surface area contributed by atoms with Crippen LogP contribution in [0.5, 0.6) is 0 Å². The average Bonchev–Trinajstić information content (AvgIpc) is 2.48. The highest BCUT2D eigenvalue weighted by Crippen LogP contribution is 2.18. The van der Waals surface area contributed by atoms with Crippen molar-refractivity contribution in [3.63, 3.8) is 0 Å². The van der Waals surface area contributed by atoms with Crippen LogP contribution in [-0.2, 0) is 0 Å². The number of carbonyl (C=O) groups is 1. The van der Waals surface area contributed by atoms with E-state index in [-0.39, 0.29) is 17.3 Å². The molecule has 1 aromatic rings. The Morgan fingerprint density at radius 1 is 1.40 bits per heavy atom. The van der Waals surface area contributed by atoms with Crippen LogP contribution < -0.4 is 5.32 Å². The van der Waals surface area contributed by atoms with Gasteiger partial charge < -0.3 is 10.2 Å². The highest BCUT2D eigenvalue weighted by molar-refractivity contribution is 5.95. The fraction of sp³-hybridized carbons (Fsp3) is 0.600. The van der Waals surface area contributed by atoms with Gasteiger partial charge in [0, 0.05) is 26.3 Å². The standard InChI is InChI=1S/C15H24FN3O/c1-5-11(6-2)10-19(7-3)15(20)12-8-9-18-14(17-4)13(12)16/h8-9,11H,5-7,10H2,1-4H3,(H,17,18). The molecule has 0 saturated heterocycles. The number of hydrogen-bond acceptors (Lipinski definition) is 3. The molecule has 4 nitrogen and oxygen atoms in total. The van der Waals surface area contributed by atoms with Crippen molar-refractivity contribution in [2.24, 2.45) is 5.92 Å². The van der Waals surface area contributed by atoms with Gasteiger partial charge in [-0.05, 0) is 18.9 Å². The molecule has 0 bridgehead atoms. The lowest BCUT2D eigenvalue weighted by atomic mass is 10.0. The molecule has 0 radical (unpaired) electrons. The highest BCUT2D eigenvalue weighted by atomic mass is 19.1. The molecule has 0 atom stereocenters. The van der Waals surface area contributed by atoms with E-state index in [1.807, 2.05) is 6.92 Å². The van der Waals surface area contributed by atoms with E-state index in [2.05, 4.69) is 24.1 Å². The van der Waals surface area contributed by atoms with Gasteiger partial charge >= 0.3 is 0 Å². The minimum Gasteiger partial charge on any atom is -0.371 e. The minimum absolute atomic E-state index is 0.0807. The van der Waals surface area contributed by atoms with Crippen molar-refractivity contribution in [3.8, 4) is 0 Å². The Morgan fingerprint density at radius 2 is 2.05 bits per heavy atom. The zero-order chi connectivity index (χ0) is 15.1. The fourth-order valence-corrected chi connectivity index (χ4v) is 2.17. The van der Waals surface area contributed by atoms with Crippen molar-refractivity contribution in [3.05, 3.63) is 23.6 Å². The predicted molar refractivity (Wildman–Crippen MR) is 79.4 cm³/mol. The number of nitrogens with zero attached hydrogens (tertiary/aromatic N) is 2. The van der Waals surface area contributed by atoms with Crippen LogP contribution in [-0.4, -0.2) is 35.9 Å². The van der Waals surface area contributed by atoms with Gasteiger partial charge in [-0.25, -0.2) is 9.37 Å². The Kier molecular flexibility index (Phi) is 6.42. The lowest BCUT2D eigenvalue weighted by Crippen LogP contribution is -2.35. The molecule has 1 N–H and O–H groups in total. The lowest BCUT2D eigenvalue weighted by molar-refractivity contribution is 0.0730. The summed E-state index contributed by atoms with van der Waals surface area (Å²) in [4.78, 5) is 18.0. The molecule has 1 heterocycles.